The van der Waals surface area contributed by atoms with Gasteiger partial charge in [-0.25, -0.2) is 4.98 Å². The molecule has 4 nitrogen and oxygen atoms in total. The van der Waals surface area contributed by atoms with Gasteiger partial charge in [-0.3, -0.25) is 0 Å². The van der Waals surface area contributed by atoms with Crippen molar-refractivity contribution in [2.75, 3.05) is 13.2 Å². The van der Waals surface area contributed by atoms with Crippen LogP contribution in [-0.4, -0.2) is 34.3 Å². The molecule has 1 atom stereocenters. The van der Waals surface area contributed by atoms with E-state index in [2.05, 4.69) is 41.8 Å². The van der Waals surface area contributed by atoms with E-state index in [4.69, 9.17) is 4.74 Å². The number of ether oxygens (including phenoxy) is 1. The first-order chi connectivity index (χ1) is 10.3. The fourth-order valence-corrected chi connectivity index (χ4v) is 3.70. The number of hydrogen-bond donors (Lipinski definition) is 1. The minimum atomic E-state index is 0.00769. The zero-order chi connectivity index (χ0) is 15.1. The maximum atomic E-state index is 6.25. The molecule has 0 bridgehead atoms. The van der Waals surface area contributed by atoms with E-state index in [0.717, 1.165) is 32.5 Å². The molecule has 1 aromatic rings. The number of aryl methyl sites for hydroxylation is 1. The van der Waals surface area contributed by atoms with E-state index in [1.54, 1.807) is 0 Å². The summed E-state index contributed by atoms with van der Waals surface area (Å²) in [4.78, 5) is 4.59. The summed E-state index contributed by atoms with van der Waals surface area (Å²) in [5.41, 5.74) is 0.00769. The number of likely N-dealkylation sites (N-methyl/N-ethyl adjacent to an activating group) is 1. The molecule has 1 fully saturated rings. The van der Waals surface area contributed by atoms with Gasteiger partial charge in [0.15, 0.2) is 0 Å². The predicted octanol–water partition coefficient (Wildman–Crippen LogP) is 3.16. The quantitative estimate of drug-likeness (QED) is 0.760. The van der Waals surface area contributed by atoms with Crippen LogP contribution in [0.5, 0.6) is 0 Å². The molecule has 120 valence electrons. The Labute approximate surface area is 129 Å². The van der Waals surface area contributed by atoms with Crippen LogP contribution >= 0.6 is 0 Å². The third kappa shape index (κ3) is 3.86. The van der Waals surface area contributed by atoms with Gasteiger partial charge in [-0.1, -0.05) is 26.7 Å². The van der Waals surface area contributed by atoms with Crippen molar-refractivity contribution in [3.63, 3.8) is 0 Å². The lowest BCUT2D eigenvalue weighted by Crippen LogP contribution is -2.52. The molecule has 1 heterocycles. The van der Waals surface area contributed by atoms with Crippen LogP contribution in [0.1, 0.15) is 58.7 Å². The summed E-state index contributed by atoms with van der Waals surface area (Å²) in [6.07, 6.45) is 11.0. The van der Waals surface area contributed by atoms with E-state index in [1.165, 1.54) is 31.5 Å². The van der Waals surface area contributed by atoms with Gasteiger partial charge in [0, 0.05) is 38.0 Å². The molecular formula is C17H31N3O. The van der Waals surface area contributed by atoms with Crippen LogP contribution in [0, 0.1) is 0 Å². The van der Waals surface area contributed by atoms with Gasteiger partial charge in [0.05, 0.1) is 5.60 Å². The highest BCUT2D eigenvalue weighted by Gasteiger charge is 2.42. The highest BCUT2D eigenvalue weighted by atomic mass is 16.5. The summed E-state index contributed by atoms with van der Waals surface area (Å²) in [5.74, 6) is 1.19. The second-order valence-corrected chi connectivity index (χ2v) is 6.06. The van der Waals surface area contributed by atoms with Crippen molar-refractivity contribution >= 4 is 0 Å². The first kappa shape index (κ1) is 16.5. The Morgan fingerprint density at radius 2 is 2.10 bits per heavy atom. The molecule has 1 N–H and O–H groups in total. The number of rotatable bonds is 9. The van der Waals surface area contributed by atoms with Gasteiger partial charge in [-0.15, -0.1) is 0 Å². The molecule has 0 aromatic carbocycles. The molecule has 0 saturated heterocycles. The molecule has 0 radical (unpaired) electrons. The molecule has 1 aliphatic carbocycles. The summed E-state index contributed by atoms with van der Waals surface area (Å²) in [6.45, 7) is 9.33. The summed E-state index contributed by atoms with van der Waals surface area (Å²) >= 11 is 0. The summed E-state index contributed by atoms with van der Waals surface area (Å²) in [5, 5.41) is 3.68. The van der Waals surface area contributed by atoms with Gasteiger partial charge in [-0.2, -0.15) is 0 Å². The van der Waals surface area contributed by atoms with E-state index in [1.807, 2.05) is 6.20 Å². The lowest BCUT2D eigenvalue weighted by molar-refractivity contribution is -0.0614. The molecule has 2 rings (SSSR count). The Morgan fingerprint density at radius 3 is 2.71 bits per heavy atom. The van der Waals surface area contributed by atoms with E-state index < -0.39 is 0 Å². The second-order valence-electron chi connectivity index (χ2n) is 6.06. The third-order valence-corrected chi connectivity index (χ3v) is 4.62. The van der Waals surface area contributed by atoms with Crippen LogP contribution in [-0.2, 0) is 17.7 Å². The Morgan fingerprint density at radius 1 is 1.33 bits per heavy atom. The van der Waals surface area contributed by atoms with Crippen LogP contribution in [0.15, 0.2) is 12.4 Å². The molecule has 0 amide bonds. The Kier molecular flexibility index (Phi) is 6.24. The van der Waals surface area contributed by atoms with Crippen molar-refractivity contribution in [1.29, 1.82) is 0 Å². The third-order valence-electron chi connectivity index (χ3n) is 4.62. The van der Waals surface area contributed by atoms with Crippen molar-refractivity contribution in [2.24, 2.45) is 0 Å². The highest BCUT2D eigenvalue weighted by molar-refractivity contribution is 5.04. The molecule has 4 heteroatoms. The maximum absolute atomic E-state index is 6.25. The largest absolute Gasteiger partial charge is 0.374 e. The smallest absolute Gasteiger partial charge is 0.110 e. The fraction of sp³-hybridized carbons (Fsp3) is 0.824. The first-order valence-corrected chi connectivity index (χ1v) is 8.63. The lowest BCUT2D eigenvalue weighted by atomic mass is 9.89. The van der Waals surface area contributed by atoms with Crippen molar-refractivity contribution in [3.8, 4) is 0 Å². The van der Waals surface area contributed by atoms with Crippen LogP contribution in [0.2, 0.25) is 0 Å². The number of nitrogens with zero attached hydrogens (tertiary/aromatic N) is 2. The van der Waals surface area contributed by atoms with Crippen molar-refractivity contribution < 1.29 is 4.74 Å². The molecule has 0 spiro atoms. The highest BCUT2D eigenvalue weighted by Crippen LogP contribution is 2.37. The van der Waals surface area contributed by atoms with Crippen molar-refractivity contribution in [1.82, 2.24) is 14.9 Å². The second kappa shape index (κ2) is 7.95. The van der Waals surface area contributed by atoms with Crippen LogP contribution in [0.4, 0.5) is 0 Å². The molecule has 1 aliphatic rings. The maximum Gasteiger partial charge on any atom is 0.110 e. The number of nitrogens with one attached hydrogen (secondary N) is 1. The topological polar surface area (TPSA) is 39.1 Å². The molecule has 0 aliphatic heterocycles. The lowest BCUT2D eigenvalue weighted by Gasteiger charge is -2.38. The van der Waals surface area contributed by atoms with Gasteiger partial charge in [-0.05, 0) is 32.7 Å². The van der Waals surface area contributed by atoms with Gasteiger partial charge in [0.1, 0.15) is 5.82 Å². The predicted molar refractivity (Wildman–Crippen MR) is 86.5 cm³/mol. The Balaban J connectivity index is 2.15. The average molecular weight is 293 g/mol. The summed E-state index contributed by atoms with van der Waals surface area (Å²) in [6, 6.07) is 0.364. The van der Waals surface area contributed by atoms with E-state index in [-0.39, 0.29) is 5.60 Å². The number of imidazole rings is 1. The van der Waals surface area contributed by atoms with E-state index in [9.17, 15) is 0 Å². The fourth-order valence-electron chi connectivity index (χ4n) is 3.70. The van der Waals surface area contributed by atoms with Crippen LogP contribution in [0.3, 0.4) is 0 Å². The standard InChI is InChI=1S/C17H31N3O/c1-4-12-20-13-11-19-16(20)14-15(18-5-2)17(21-6-3)9-7-8-10-17/h11,13,15,18H,4-10,12,14H2,1-3H3. The molecule has 21 heavy (non-hydrogen) atoms. The first-order valence-electron chi connectivity index (χ1n) is 8.63. The minimum Gasteiger partial charge on any atom is -0.374 e. The van der Waals surface area contributed by atoms with E-state index >= 15 is 0 Å². The van der Waals surface area contributed by atoms with Crippen LogP contribution < -0.4 is 5.32 Å². The minimum absolute atomic E-state index is 0.00769. The van der Waals surface area contributed by atoms with Gasteiger partial charge in [0.2, 0.25) is 0 Å². The van der Waals surface area contributed by atoms with Crippen molar-refractivity contribution in [2.45, 2.75) is 77.5 Å². The average Bonchev–Trinajstić information content (AvgIpc) is 3.10. The Bertz CT molecular complexity index is 410. The van der Waals surface area contributed by atoms with Crippen molar-refractivity contribution in [3.05, 3.63) is 18.2 Å². The number of aromatic nitrogens is 2. The molecule has 1 unspecified atom stereocenters. The monoisotopic (exact) mass is 293 g/mol. The number of hydrogen-bond acceptors (Lipinski definition) is 3. The summed E-state index contributed by atoms with van der Waals surface area (Å²) < 4.78 is 8.54. The van der Waals surface area contributed by atoms with Gasteiger partial charge in [0.25, 0.3) is 0 Å². The molecule has 1 saturated carbocycles. The molecular weight excluding hydrogens is 262 g/mol. The molecule has 1 aromatic heterocycles. The zero-order valence-corrected chi connectivity index (χ0v) is 13.9. The zero-order valence-electron chi connectivity index (χ0n) is 13.9. The van der Waals surface area contributed by atoms with Gasteiger partial charge >= 0.3 is 0 Å². The normalized spacial score (nSPS) is 19.0. The van der Waals surface area contributed by atoms with E-state index in [0.29, 0.717) is 6.04 Å². The van der Waals surface area contributed by atoms with Crippen LogP contribution in [0.25, 0.3) is 0 Å². The SMILES string of the molecule is CCCn1ccnc1CC(NCC)C1(OCC)CCCC1. The van der Waals surface area contributed by atoms with Gasteiger partial charge < -0.3 is 14.6 Å². The Hall–Kier alpha value is -0.870. The summed E-state index contributed by atoms with van der Waals surface area (Å²) in [7, 11) is 0.